The standard InChI is InChI=1S/C11H9N3O4/c1-7-3-2-4-8(11(15)16)10(7)13-5-9(12-6-13)14(17)18/h2-6H,1H3,(H,15,16). The van der Waals surface area contributed by atoms with E-state index in [0.29, 0.717) is 11.3 Å². The van der Waals surface area contributed by atoms with Crippen molar-refractivity contribution in [3.8, 4) is 5.69 Å². The van der Waals surface area contributed by atoms with E-state index in [9.17, 15) is 14.9 Å². The molecule has 0 fully saturated rings. The van der Waals surface area contributed by atoms with E-state index in [1.54, 1.807) is 19.1 Å². The van der Waals surface area contributed by atoms with Crippen molar-refractivity contribution in [3.63, 3.8) is 0 Å². The smallest absolute Gasteiger partial charge is 0.381 e. The molecule has 1 aromatic carbocycles. The van der Waals surface area contributed by atoms with Crippen LogP contribution in [0.15, 0.2) is 30.7 Å². The summed E-state index contributed by atoms with van der Waals surface area (Å²) in [6.45, 7) is 1.73. The van der Waals surface area contributed by atoms with Gasteiger partial charge < -0.3 is 15.2 Å². The third-order valence-electron chi connectivity index (χ3n) is 2.48. The van der Waals surface area contributed by atoms with Crippen LogP contribution in [0, 0.1) is 17.0 Å². The van der Waals surface area contributed by atoms with Gasteiger partial charge in [0.1, 0.15) is 6.20 Å². The number of para-hydroxylation sites is 1. The zero-order chi connectivity index (χ0) is 13.3. The summed E-state index contributed by atoms with van der Waals surface area (Å²) < 4.78 is 1.34. The lowest BCUT2D eigenvalue weighted by Gasteiger charge is -2.08. The number of aryl methyl sites for hydroxylation is 1. The summed E-state index contributed by atoms with van der Waals surface area (Å²) in [5.41, 5.74) is 1.15. The molecule has 2 rings (SSSR count). The van der Waals surface area contributed by atoms with Crippen molar-refractivity contribution in [1.82, 2.24) is 9.55 Å². The fourth-order valence-electron chi connectivity index (χ4n) is 1.70. The number of hydrogen-bond acceptors (Lipinski definition) is 4. The van der Waals surface area contributed by atoms with E-state index in [2.05, 4.69) is 4.98 Å². The van der Waals surface area contributed by atoms with Crippen molar-refractivity contribution in [2.24, 2.45) is 0 Å². The van der Waals surface area contributed by atoms with E-state index in [-0.39, 0.29) is 11.4 Å². The number of carbonyl (C=O) groups is 1. The van der Waals surface area contributed by atoms with Crippen LogP contribution in [0.5, 0.6) is 0 Å². The highest BCUT2D eigenvalue weighted by Gasteiger charge is 2.17. The molecular formula is C11H9N3O4. The molecule has 0 saturated heterocycles. The fraction of sp³-hybridized carbons (Fsp3) is 0.0909. The number of benzene rings is 1. The minimum Gasteiger partial charge on any atom is -0.478 e. The first-order chi connectivity index (χ1) is 8.50. The van der Waals surface area contributed by atoms with Crippen LogP contribution in [0.25, 0.3) is 5.69 Å². The van der Waals surface area contributed by atoms with Gasteiger partial charge in [-0.25, -0.2) is 4.79 Å². The van der Waals surface area contributed by atoms with Crippen molar-refractivity contribution in [1.29, 1.82) is 0 Å². The summed E-state index contributed by atoms with van der Waals surface area (Å²) in [6.07, 6.45) is 2.42. The molecule has 1 heterocycles. The van der Waals surface area contributed by atoms with Crippen LogP contribution in [-0.2, 0) is 0 Å². The molecule has 0 aliphatic rings. The molecule has 1 N–H and O–H groups in total. The Morgan fingerprint density at radius 3 is 2.78 bits per heavy atom. The lowest BCUT2D eigenvalue weighted by Crippen LogP contribution is -2.06. The molecule has 0 bridgehead atoms. The van der Waals surface area contributed by atoms with Crippen molar-refractivity contribution in [2.45, 2.75) is 6.92 Å². The van der Waals surface area contributed by atoms with Crippen LogP contribution >= 0.6 is 0 Å². The summed E-state index contributed by atoms with van der Waals surface area (Å²) in [6, 6.07) is 4.79. The van der Waals surface area contributed by atoms with Crippen LogP contribution in [0.1, 0.15) is 15.9 Å². The summed E-state index contributed by atoms with van der Waals surface area (Å²) >= 11 is 0. The predicted molar refractivity (Wildman–Crippen MR) is 61.9 cm³/mol. The molecule has 1 aromatic heterocycles. The number of aromatic carboxylic acids is 1. The minimum atomic E-state index is -1.09. The molecule has 0 aliphatic heterocycles. The summed E-state index contributed by atoms with van der Waals surface area (Å²) in [5.74, 6) is -1.42. The Hall–Kier alpha value is -2.70. The third kappa shape index (κ3) is 1.93. The molecular weight excluding hydrogens is 238 g/mol. The number of carboxylic acid groups (broad SMARTS) is 1. The van der Waals surface area contributed by atoms with Gasteiger partial charge >= 0.3 is 11.8 Å². The van der Waals surface area contributed by atoms with E-state index in [1.807, 2.05) is 0 Å². The summed E-state index contributed by atoms with van der Waals surface area (Å²) in [5, 5.41) is 19.7. The molecule has 92 valence electrons. The van der Waals surface area contributed by atoms with Crippen molar-refractivity contribution in [2.75, 3.05) is 0 Å². The lowest BCUT2D eigenvalue weighted by atomic mass is 10.1. The van der Waals surface area contributed by atoms with E-state index >= 15 is 0 Å². The Balaban J connectivity index is 2.62. The van der Waals surface area contributed by atoms with E-state index < -0.39 is 10.9 Å². The molecule has 0 unspecified atom stereocenters. The lowest BCUT2D eigenvalue weighted by molar-refractivity contribution is -0.389. The zero-order valence-electron chi connectivity index (χ0n) is 9.40. The molecule has 2 aromatic rings. The van der Waals surface area contributed by atoms with Crippen LogP contribution < -0.4 is 0 Å². The first-order valence-corrected chi connectivity index (χ1v) is 5.02. The van der Waals surface area contributed by atoms with Gasteiger partial charge in [0.15, 0.2) is 0 Å². The maximum atomic E-state index is 11.1. The van der Waals surface area contributed by atoms with Gasteiger partial charge in [0.25, 0.3) is 0 Å². The molecule has 0 amide bonds. The second-order valence-electron chi connectivity index (χ2n) is 3.67. The van der Waals surface area contributed by atoms with Gasteiger partial charge in [0.2, 0.25) is 6.33 Å². The number of carboxylic acids is 1. The number of hydrogen-bond donors (Lipinski definition) is 1. The Morgan fingerprint density at radius 1 is 1.50 bits per heavy atom. The molecule has 0 radical (unpaired) electrons. The zero-order valence-corrected chi connectivity index (χ0v) is 9.40. The van der Waals surface area contributed by atoms with Crippen molar-refractivity contribution in [3.05, 3.63) is 52.0 Å². The van der Waals surface area contributed by atoms with Gasteiger partial charge in [0.05, 0.1) is 11.3 Å². The highest BCUT2D eigenvalue weighted by molar-refractivity contribution is 5.92. The molecule has 0 saturated carbocycles. The summed E-state index contributed by atoms with van der Waals surface area (Å²) in [4.78, 5) is 24.7. The predicted octanol–water partition coefficient (Wildman–Crippen LogP) is 1.79. The average molecular weight is 247 g/mol. The van der Waals surface area contributed by atoms with E-state index in [0.717, 1.165) is 0 Å². The maximum Gasteiger partial charge on any atom is 0.381 e. The minimum absolute atomic E-state index is 0.0716. The SMILES string of the molecule is Cc1cccc(C(=O)O)c1-n1cnc([N+](=O)[O-])c1. The quantitative estimate of drug-likeness (QED) is 0.658. The first kappa shape index (κ1) is 11.8. The molecule has 0 aliphatic carbocycles. The van der Waals surface area contributed by atoms with Crippen LogP contribution in [0.4, 0.5) is 5.82 Å². The van der Waals surface area contributed by atoms with E-state index in [1.165, 1.54) is 23.2 Å². The van der Waals surface area contributed by atoms with Crippen LogP contribution in [0.3, 0.4) is 0 Å². The fourth-order valence-corrected chi connectivity index (χ4v) is 1.70. The molecule has 7 nitrogen and oxygen atoms in total. The van der Waals surface area contributed by atoms with Gasteiger partial charge in [-0.15, -0.1) is 0 Å². The van der Waals surface area contributed by atoms with Gasteiger partial charge in [-0.2, -0.15) is 0 Å². The molecule has 18 heavy (non-hydrogen) atoms. The number of aromatic nitrogens is 2. The van der Waals surface area contributed by atoms with Gasteiger partial charge in [-0.1, -0.05) is 12.1 Å². The molecule has 0 atom stereocenters. The number of nitro groups is 1. The highest BCUT2D eigenvalue weighted by atomic mass is 16.6. The average Bonchev–Trinajstić information content (AvgIpc) is 2.77. The van der Waals surface area contributed by atoms with Gasteiger partial charge in [-0.3, -0.25) is 4.57 Å². The number of nitrogens with zero attached hydrogens (tertiary/aromatic N) is 3. The molecule has 7 heteroatoms. The normalized spacial score (nSPS) is 10.3. The third-order valence-corrected chi connectivity index (χ3v) is 2.48. The second-order valence-corrected chi connectivity index (χ2v) is 3.67. The maximum absolute atomic E-state index is 11.1. The summed E-state index contributed by atoms with van der Waals surface area (Å²) in [7, 11) is 0. The van der Waals surface area contributed by atoms with Crippen molar-refractivity contribution < 1.29 is 14.8 Å². The topological polar surface area (TPSA) is 98.3 Å². The Bertz CT molecular complexity index is 633. The highest BCUT2D eigenvalue weighted by Crippen LogP contribution is 2.21. The molecule has 0 spiro atoms. The van der Waals surface area contributed by atoms with Crippen LogP contribution in [0.2, 0.25) is 0 Å². The van der Waals surface area contributed by atoms with E-state index in [4.69, 9.17) is 5.11 Å². The number of rotatable bonds is 3. The second kappa shape index (κ2) is 4.28. The largest absolute Gasteiger partial charge is 0.478 e. The number of imidazole rings is 1. The monoisotopic (exact) mass is 247 g/mol. The van der Waals surface area contributed by atoms with Crippen molar-refractivity contribution >= 4 is 11.8 Å². The van der Waals surface area contributed by atoms with Crippen LogP contribution in [-0.4, -0.2) is 25.6 Å². The van der Waals surface area contributed by atoms with Gasteiger partial charge in [0, 0.05) is 0 Å². The Morgan fingerprint density at radius 2 is 2.22 bits per heavy atom. The Kier molecular flexibility index (Phi) is 2.80. The Labute approximate surface area is 101 Å². The van der Waals surface area contributed by atoms with Gasteiger partial charge in [-0.05, 0) is 28.5 Å². The first-order valence-electron chi connectivity index (χ1n) is 5.02.